The van der Waals surface area contributed by atoms with E-state index in [1.165, 1.54) is 0 Å². The van der Waals surface area contributed by atoms with Crippen molar-refractivity contribution < 1.29 is 19.4 Å². The van der Waals surface area contributed by atoms with Gasteiger partial charge in [-0.15, -0.1) is 0 Å². The van der Waals surface area contributed by atoms with Crippen molar-refractivity contribution in [1.29, 1.82) is 0 Å². The molecule has 3 rings (SSSR count). The van der Waals surface area contributed by atoms with Gasteiger partial charge < -0.3 is 15.6 Å². The second-order valence-corrected chi connectivity index (χ2v) is 6.60. The maximum absolute atomic E-state index is 12.9. The fraction of sp³-hybridized carbons (Fsp3) is 0.471. The van der Waals surface area contributed by atoms with Crippen LogP contribution in [0.4, 0.5) is 0 Å². The Labute approximate surface area is 144 Å². The highest BCUT2D eigenvalue weighted by Crippen LogP contribution is 2.44. The van der Waals surface area contributed by atoms with Crippen molar-refractivity contribution in [2.75, 3.05) is 0 Å². The number of hydrogen-bond donors (Lipinski definition) is 2. The predicted molar refractivity (Wildman–Crippen MR) is 89.1 cm³/mol. The number of nitrogens with two attached hydrogens (primary N) is 1. The Morgan fingerprint density at radius 2 is 2.25 bits per heavy atom. The summed E-state index contributed by atoms with van der Waals surface area (Å²) in [5.41, 5.74) is 5.64. The normalized spacial score (nSPS) is 27.2. The summed E-state index contributed by atoms with van der Waals surface area (Å²) in [6.45, 7) is 0. The van der Waals surface area contributed by atoms with Crippen molar-refractivity contribution in [2.24, 2.45) is 10.7 Å². The van der Waals surface area contributed by atoms with E-state index in [2.05, 4.69) is 4.99 Å². The molecule has 3 N–H and O–H groups in total. The lowest BCUT2D eigenvalue weighted by Gasteiger charge is -2.42. The van der Waals surface area contributed by atoms with Crippen molar-refractivity contribution in [3.8, 4) is 0 Å². The number of carbonyl (C=O) groups is 2. The second kappa shape index (κ2) is 6.53. The summed E-state index contributed by atoms with van der Waals surface area (Å²) >= 11 is 6.32. The van der Waals surface area contributed by atoms with Crippen LogP contribution >= 0.6 is 11.6 Å². The molecule has 1 aliphatic carbocycles. The van der Waals surface area contributed by atoms with Crippen LogP contribution in [0.15, 0.2) is 29.3 Å². The summed E-state index contributed by atoms with van der Waals surface area (Å²) in [5.74, 6) is -0.782. The summed E-state index contributed by atoms with van der Waals surface area (Å²) in [6.07, 6.45) is 1.47. The third-order valence-corrected chi connectivity index (χ3v) is 4.90. The standard InChI is InChI=1S/C17H19ClN2O4/c18-11-5-2-1-4-10(11)17-9-3-6-13(15(17)23)24-16(20-17)12(19)7-8-14(21)22/h1-2,4-5,12-13H,3,6-9,19H2,(H,21,22)/t12-,13-,17-/m0/s1. The molecule has 1 aromatic rings. The lowest BCUT2D eigenvalue weighted by molar-refractivity contribution is -0.138. The third-order valence-electron chi connectivity index (χ3n) is 4.57. The first-order valence-electron chi connectivity index (χ1n) is 7.97. The molecule has 1 saturated carbocycles. The molecule has 7 heteroatoms. The average Bonchev–Trinajstić information content (AvgIpc) is 2.53. The molecule has 2 bridgehead atoms. The van der Waals surface area contributed by atoms with Crippen LogP contribution in [0.5, 0.6) is 0 Å². The molecule has 128 valence electrons. The van der Waals surface area contributed by atoms with E-state index in [4.69, 9.17) is 27.2 Å². The van der Waals surface area contributed by atoms with E-state index in [1.54, 1.807) is 18.2 Å². The number of rotatable bonds is 5. The molecule has 0 spiro atoms. The van der Waals surface area contributed by atoms with E-state index in [0.717, 1.165) is 6.42 Å². The number of carbonyl (C=O) groups excluding carboxylic acids is 1. The highest BCUT2D eigenvalue weighted by molar-refractivity contribution is 6.32. The van der Waals surface area contributed by atoms with E-state index in [-0.39, 0.29) is 24.5 Å². The van der Waals surface area contributed by atoms with Crippen molar-refractivity contribution in [3.05, 3.63) is 34.9 Å². The van der Waals surface area contributed by atoms with Gasteiger partial charge in [0.1, 0.15) is 0 Å². The number of ether oxygens (including phenoxy) is 1. The number of aliphatic imine (C=N–C) groups is 1. The Bertz CT molecular complexity index is 706. The first-order chi connectivity index (χ1) is 11.4. The topological polar surface area (TPSA) is 102 Å². The Morgan fingerprint density at radius 3 is 2.96 bits per heavy atom. The number of aliphatic carboxylic acids is 1. The van der Waals surface area contributed by atoms with E-state index in [9.17, 15) is 9.59 Å². The number of halogens is 1. The number of carboxylic acid groups (broad SMARTS) is 1. The van der Waals surface area contributed by atoms with Crippen molar-refractivity contribution in [1.82, 2.24) is 0 Å². The summed E-state index contributed by atoms with van der Waals surface area (Å²) in [7, 11) is 0. The van der Waals surface area contributed by atoms with Gasteiger partial charge in [-0.3, -0.25) is 9.59 Å². The van der Waals surface area contributed by atoms with Gasteiger partial charge in [0.25, 0.3) is 0 Å². The molecule has 2 aliphatic rings. The van der Waals surface area contributed by atoms with Crippen LogP contribution in [0.25, 0.3) is 0 Å². The Balaban J connectivity index is 2.01. The van der Waals surface area contributed by atoms with Gasteiger partial charge in [-0.1, -0.05) is 29.8 Å². The molecule has 1 aliphatic heterocycles. The van der Waals surface area contributed by atoms with Crippen LogP contribution in [-0.4, -0.2) is 34.9 Å². The summed E-state index contributed by atoms with van der Waals surface area (Å²) < 4.78 is 5.69. The van der Waals surface area contributed by atoms with Gasteiger partial charge in [0.15, 0.2) is 11.6 Å². The summed E-state index contributed by atoms with van der Waals surface area (Å²) in [4.78, 5) is 28.2. The predicted octanol–water partition coefficient (Wildman–Crippen LogP) is 2.28. The molecule has 0 amide bonds. The zero-order chi connectivity index (χ0) is 17.3. The lowest BCUT2D eigenvalue weighted by atomic mass is 9.73. The molecule has 0 unspecified atom stereocenters. The van der Waals surface area contributed by atoms with Gasteiger partial charge in [-0.2, -0.15) is 0 Å². The Kier molecular flexibility index (Phi) is 4.60. The monoisotopic (exact) mass is 350 g/mol. The second-order valence-electron chi connectivity index (χ2n) is 6.19. The maximum Gasteiger partial charge on any atom is 0.303 e. The van der Waals surface area contributed by atoms with Crippen LogP contribution in [-0.2, 0) is 19.9 Å². The highest BCUT2D eigenvalue weighted by Gasteiger charge is 2.52. The lowest BCUT2D eigenvalue weighted by Crippen LogP contribution is -2.54. The van der Waals surface area contributed by atoms with Crippen LogP contribution in [0.3, 0.4) is 0 Å². The van der Waals surface area contributed by atoms with Gasteiger partial charge >= 0.3 is 5.97 Å². The highest BCUT2D eigenvalue weighted by atomic mass is 35.5. The van der Waals surface area contributed by atoms with Gasteiger partial charge in [0.05, 0.1) is 6.04 Å². The number of fused-ring (bicyclic) bond motifs is 2. The number of hydrogen-bond acceptors (Lipinski definition) is 5. The summed E-state index contributed by atoms with van der Waals surface area (Å²) in [5, 5.41) is 9.30. The fourth-order valence-electron chi connectivity index (χ4n) is 3.34. The minimum absolute atomic E-state index is 0.0821. The zero-order valence-electron chi connectivity index (χ0n) is 13.1. The number of nitrogens with zero attached hydrogens (tertiary/aromatic N) is 1. The third kappa shape index (κ3) is 2.91. The van der Waals surface area contributed by atoms with Crippen LogP contribution in [0.2, 0.25) is 5.02 Å². The number of benzene rings is 1. The van der Waals surface area contributed by atoms with Gasteiger partial charge in [0.2, 0.25) is 11.7 Å². The quantitative estimate of drug-likeness (QED) is 0.848. The zero-order valence-corrected chi connectivity index (χ0v) is 13.8. The van der Waals surface area contributed by atoms with E-state index >= 15 is 0 Å². The largest absolute Gasteiger partial charge is 0.481 e. The molecule has 6 nitrogen and oxygen atoms in total. The minimum Gasteiger partial charge on any atom is -0.481 e. The molecule has 0 saturated heterocycles. The Hall–Kier alpha value is -1.92. The van der Waals surface area contributed by atoms with Gasteiger partial charge in [0, 0.05) is 17.0 Å². The van der Waals surface area contributed by atoms with E-state index < -0.39 is 23.7 Å². The van der Waals surface area contributed by atoms with Gasteiger partial charge in [-0.25, -0.2) is 4.99 Å². The van der Waals surface area contributed by atoms with Crippen LogP contribution < -0.4 is 5.73 Å². The molecule has 1 aromatic carbocycles. The summed E-state index contributed by atoms with van der Waals surface area (Å²) in [6, 6.07) is 6.50. The van der Waals surface area contributed by atoms with Crippen molar-refractivity contribution >= 4 is 29.3 Å². The molecule has 0 aromatic heterocycles. The van der Waals surface area contributed by atoms with E-state index in [0.29, 0.717) is 23.4 Å². The van der Waals surface area contributed by atoms with Crippen LogP contribution in [0, 0.1) is 0 Å². The first kappa shape index (κ1) is 16.9. The molecule has 24 heavy (non-hydrogen) atoms. The number of Topliss-reactive ketones (excluding diaryl/α,β-unsaturated/α-hetero) is 1. The smallest absolute Gasteiger partial charge is 0.303 e. The molecule has 0 radical (unpaired) electrons. The fourth-order valence-corrected chi connectivity index (χ4v) is 3.64. The number of carboxylic acids is 1. The molecule has 3 atom stereocenters. The number of ketones is 1. The SMILES string of the molecule is N[C@@H](CCC(=O)O)C1=N[C@]2(c3ccccc3Cl)CCC[C@H](O1)C2=O. The minimum atomic E-state index is -1.07. The average molecular weight is 351 g/mol. The molecule has 1 heterocycles. The van der Waals surface area contributed by atoms with Gasteiger partial charge in [-0.05, 0) is 31.7 Å². The molecular formula is C17H19ClN2O4. The molecule has 1 fully saturated rings. The van der Waals surface area contributed by atoms with E-state index in [1.807, 2.05) is 6.07 Å². The maximum atomic E-state index is 12.9. The van der Waals surface area contributed by atoms with Crippen LogP contribution in [0.1, 0.15) is 37.7 Å². The Morgan fingerprint density at radius 1 is 1.50 bits per heavy atom. The van der Waals surface area contributed by atoms with Crippen molar-refractivity contribution in [3.63, 3.8) is 0 Å². The molecular weight excluding hydrogens is 332 g/mol. The first-order valence-corrected chi connectivity index (χ1v) is 8.35. The van der Waals surface area contributed by atoms with Crippen molar-refractivity contribution in [2.45, 2.75) is 49.8 Å².